The molecule has 0 saturated carbocycles. The predicted octanol–water partition coefficient (Wildman–Crippen LogP) is -1.94. The van der Waals surface area contributed by atoms with Gasteiger partial charge in [0.05, 0.1) is 5.70 Å². The number of hydrogen-bond acceptors (Lipinski definition) is 10. The molecule has 0 aromatic heterocycles. The maximum atomic E-state index is 12.5. The number of rotatable bonds is 8. The first kappa shape index (κ1) is 21.7. The van der Waals surface area contributed by atoms with Crippen molar-refractivity contribution in [1.29, 1.82) is 0 Å². The first-order valence-corrected chi connectivity index (χ1v) is 10.4. The number of ketones is 1. The molecule has 14 heteroatoms. The number of ether oxygens (including phenoxy) is 1. The normalized spacial score (nSPS) is 24.7. The molecule has 30 heavy (non-hydrogen) atoms. The number of carboxylic acid groups (broad SMARTS) is 1. The number of carbonyl (C=O) groups is 6. The summed E-state index contributed by atoms with van der Waals surface area (Å²) in [6, 6.07) is -1.07. The fraction of sp³-hybridized carbons (Fsp3) is 0.375. The van der Waals surface area contributed by atoms with E-state index in [9.17, 15) is 33.9 Å². The topological polar surface area (TPSA) is 171 Å². The number of nitrogens with zero attached hydrogens (tertiary/aromatic N) is 1. The number of nitrogens with one attached hydrogen (secondary N) is 3. The monoisotopic (exact) mass is 456 g/mol. The Bertz CT molecular complexity index is 902. The lowest BCUT2D eigenvalue weighted by Gasteiger charge is -2.49. The van der Waals surface area contributed by atoms with Gasteiger partial charge in [0, 0.05) is 23.7 Å². The Morgan fingerprint density at radius 2 is 2.13 bits per heavy atom. The molecule has 3 aliphatic rings. The first-order valence-electron chi connectivity index (χ1n) is 8.45. The van der Waals surface area contributed by atoms with E-state index >= 15 is 0 Å². The van der Waals surface area contributed by atoms with Gasteiger partial charge in [0.25, 0.3) is 17.6 Å². The molecule has 3 heterocycles. The summed E-state index contributed by atoms with van der Waals surface area (Å²) in [6.45, 7) is 0.922. The number of aliphatic carboxylic acids is 1. The van der Waals surface area contributed by atoms with Gasteiger partial charge < -0.3 is 25.8 Å². The van der Waals surface area contributed by atoms with Gasteiger partial charge in [-0.25, -0.2) is 4.79 Å². The molecule has 12 nitrogen and oxygen atoms in total. The highest BCUT2D eigenvalue weighted by Crippen LogP contribution is 2.40. The van der Waals surface area contributed by atoms with E-state index in [0.29, 0.717) is 6.41 Å². The van der Waals surface area contributed by atoms with Gasteiger partial charge in [0.1, 0.15) is 23.7 Å². The number of fused-ring (bicyclic) bond motifs is 1. The van der Waals surface area contributed by atoms with Crippen LogP contribution in [-0.4, -0.2) is 75.2 Å². The van der Waals surface area contributed by atoms with E-state index in [1.807, 2.05) is 0 Å². The zero-order chi connectivity index (χ0) is 22.0. The van der Waals surface area contributed by atoms with E-state index in [4.69, 9.17) is 4.74 Å². The van der Waals surface area contributed by atoms with Crippen LogP contribution in [0.25, 0.3) is 0 Å². The molecule has 1 unspecified atom stereocenters. The number of esters is 1. The first-order chi connectivity index (χ1) is 14.2. The van der Waals surface area contributed by atoms with Gasteiger partial charge in [-0.3, -0.25) is 28.9 Å². The van der Waals surface area contributed by atoms with Crippen molar-refractivity contribution in [2.24, 2.45) is 0 Å². The predicted molar refractivity (Wildman–Crippen MR) is 103 cm³/mol. The van der Waals surface area contributed by atoms with E-state index in [0.717, 1.165) is 16.7 Å². The number of hydrogen-bond donors (Lipinski definition) is 4. The Morgan fingerprint density at radius 1 is 1.40 bits per heavy atom. The minimum atomic E-state index is -1.36. The highest BCUT2D eigenvalue weighted by Gasteiger charge is 2.54. The quantitative estimate of drug-likeness (QED) is 0.139. The Labute approximate surface area is 177 Å². The highest BCUT2D eigenvalue weighted by atomic mass is 32.2. The summed E-state index contributed by atoms with van der Waals surface area (Å²) in [4.78, 5) is 71.1. The Kier molecular flexibility index (Phi) is 6.36. The van der Waals surface area contributed by atoms with E-state index in [1.54, 1.807) is 0 Å². The standard InChI is InChI=1S/C16H16N4O8S2/c1-6(22)28-2-7-3-29-14-9(13(25)20(14)10(7)15(26)27)19-12(24)11(23)8-4-30-16(18-8)17-5-21/h4-5,9,14,16,18H,2-3H2,1H3,(H,17,21)(H,19,24)(H,26,27)/t9-,14-,16?/m1/s1. The highest BCUT2D eigenvalue weighted by molar-refractivity contribution is 8.03. The summed E-state index contributed by atoms with van der Waals surface area (Å²) in [6.07, 6.45) is 0.442. The van der Waals surface area contributed by atoms with Crippen molar-refractivity contribution in [3.8, 4) is 0 Å². The fourth-order valence-electron chi connectivity index (χ4n) is 2.92. The van der Waals surface area contributed by atoms with Gasteiger partial charge in [-0.05, 0) is 0 Å². The van der Waals surface area contributed by atoms with Crippen molar-refractivity contribution in [2.75, 3.05) is 12.4 Å². The van der Waals surface area contributed by atoms with Crippen molar-refractivity contribution in [3.63, 3.8) is 0 Å². The zero-order valence-electron chi connectivity index (χ0n) is 15.4. The van der Waals surface area contributed by atoms with Crippen molar-refractivity contribution in [2.45, 2.75) is 23.8 Å². The number of β-lactam (4-membered cyclic amide) rings is 1. The van der Waals surface area contributed by atoms with Gasteiger partial charge in [-0.1, -0.05) is 11.8 Å². The van der Waals surface area contributed by atoms with Gasteiger partial charge in [-0.15, -0.1) is 11.8 Å². The average Bonchev–Trinajstić information content (AvgIpc) is 3.17. The van der Waals surface area contributed by atoms with Crippen molar-refractivity contribution >= 4 is 59.5 Å². The molecule has 4 N–H and O–H groups in total. The smallest absolute Gasteiger partial charge is 0.352 e. The van der Waals surface area contributed by atoms with Crippen LogP contribution in [0, 0.1) is 0 Å². The second kappa shape index (κ2) is 8.79. The van der Waals surface area contributed by atoms with Gasteiger partial charge in [0.15, 0.2) is 5.50 Å². The second-order valence-electron chi connectivity index (χ2n) is 6.20. The molecule has 0 aliphatic carbocycles. The van der Waals surface area contributed by atoms with Crippen LogP contribution in [0.1, 0.15) is 6.92 Å². The number of carboxylic acids is 1. The summed E-state index contributed by atoms with van der Waals surface area (Å²) in [5.74, 6) is -4.42. The van der Waals surface area contributed by atoms with Crippen LogP contribution in [0.5, 0.6) is 0 Å². The van der Waals surface area contributed by atoms with E-state index in [-0.39, 0.29) is 29.3 Å². The molecule has 1 saturated heterocycles. The molecule has 3 rings (SSSR count). The molecule has 3 atom stereocenters. The molecular formula is C16H16N4O8S2. The molecule has 1 fully saturated rings. The minimum Gasteiger partial charge on any atom is -0.477 e. The molecule has 0 aromatic rings. The summed E-state index contributed by atoms with van der Waals surface area (Å²) in [5, 5.41) is 17.5. The maximum Gasteiger partial charge on any atom is 0.352 e. The third-order valence-corrected chi connectivity index (χ3v) is 6.50. The van der Waals surface area contributed by atoms with Crippen LogP contribution >= 0.6 is 23.5 Å². The summed E-state index contributed by atoms with van der Waals surface area (Å²) in [7, 11) is 0. The molecule has 160 valence electrons. The van der Waals surface area contributed by atoms with Gasteiger partial charge in [-0.2, -0.15) is 0 Å². The number of thioether (sulfide) groups is 2. The van der Waals surface area contributed by atoms with Crippen molar-refractivity contribution < 1.29 is 38.6 Å². The van der Waals surface area contributed by atoms with Crippen LogP contribution in [0.15, 0.2) is 22.4 Å². The molecule has 3 amide bonds. The Hall–Kier alpha value is -3.00. The largest absolute Gasteiger partial charge is 0.477 e. The van der Waals surface area contributed by atoms with Crippen molar-refractivity contribution in [1.82, 2.24) is 20.9 Å². The Morgan fingerprint density at radius 3 is 2.77 bits per heavy atom. The van der Waals surface area contributed by atoms with E-state index in [2.05, 4.69) is 16.0 Å². The summed E-state index contributed by atoms with van der Waals surface area (Å²) < 4.78 is 4.84. The van der Waals surface area contributed by atoms with Crippen LogP contribution in [0.3, 0.4) is 0 Å². The van der Waals surface area contributed by atoms with Crippen LogP contribution in [0.4, 0.5) is 0 Å². The minimum absolute atomic E-state index is 0.0356. The molecule has 0 aromatic carbocycles. The molecule has 3 aliphatic heterocycles. The van der Waals surface area contributed by atoms with Crippen LogP contribution in [-0.2, 0) is 33.5 Å². The fourth-order valence-corrected chi connectivity index (χ4v) is 5.02. The van der Waals surface area contributed by atoms with E-state index < -0.39 is 46.4 Å². The van der Waals surface area contributed by atoms with E-state index in [1.165, 1.54) is 24.1 Å². The van der Waals surface area contributed by atoms with Crippen LogP contribution in [0.2, 0.25) is 0 Å². The molecule has 0 spiro atoms. The lowest BCUT2D eigenvalue weighted by molar-refractivity contribution is -0.151. The van der Waals surface area contributed by atoms with Gasteiger partial charge in [0.2, 0.25) is 6.41 Å². The zero-order valence-corrected chi connectivity index (χ0v) is 17.0. The van der Waals surface area contributed by atoms with Gasteiger partial charge >= 0.3 is 11.9 Å². The third kappa shape index (κ3) is 4.14. The lowest BCUT2D eigenvalue weighted by atomic mass is 10.0. The van der Waals surface area contributed by atoms with Crippen molar-refractivity contribution in [3.05, 3.63) is 22.4 Å². The second-order valence-corrected chi connectivity index (χ2v) is 8.29. The number of amides is 3. The molecule has 0 bridgehead atoms. The molecule has 0 radical (unpaired) electrons. The van der Waals surface area contributed by atoms with Crippen LogP contribution < -0.4 is 16.0 Å². The maximum absolute atomic E-state index is 12.5. The number of Topliss-reactive ketones (excluding diaryl/α,β-unsaturated/α-hetero) is 1. The lowest BCUT2D eigenvalue weighted by Crippen LogP contribution is -2.71. The molecular weight excluding hydrogens is 440 g/mol. The number of carbonyl (C=O) groups excluding carboxylic acids is 5. The summed E-state index contributed by atoms with van der Waals surface area (Å²) >= 11 is 2.27. The SMILES string of the molecule is CC(=O)OCC1=C(C(=O)O)N2C(=O)[C@@H](NC(=O)C(=O)C3=CSC(NC=O)N3)[C@H]2SC1. The third-order valence-electron chi connectivity index (χ3n) is 4.26. The Balaban J connectivity index is 1.65. The average molecular weight is 456 g/mol. The summed E-state index contributed by atoms with van der Waals surface area (Å²) in [5.41, 5.74) is -0.644.